The number of rotatable bonds is 3. The van der Waals surface area contributed by atoms with Crippen molar-refractivity contribution >= 4 is 0 Å². The van der Waals surface area contributed by atoms with Crippen molar-refractivity contribution in [1.82, 2.24) is 14.5 Å². The van der Waals surface area contributed by atoms with E-state index in [1.807, 2.05) is 24.5 Å². The first-order valence-corrected chi connectivity index (χ1v) is 7.63. The molecule has 3 heterocycles. The van der Waals surface area contributed by atoms with Crippen LogP contribution < -0.4 is 0 Å². The van der Waals surface area contributed by atoms with Crippen molar-refractivity contribution in [3.05, 3.63) is 66.2 Å². The van der Waals surface area contributed by atoms with Gasteiger partial charge in [0.15, 0.2) is 11.6 Å². The fraction of sp³-hybridized carbons (Fsp3) is 0.278. The molecule has 0 radical (unpaired) electrons. The van der Waals surface area contributed by atoms with Crippen molar-refractivity contribution in [2.24, 2.45) is 0 Å². The molecule has 1 aliphatic heterocycles. The molecule has 2 aromatic heterocycles. The summed E-state index contributed by atoms with van der Waals surface area (Å²) in [7, 11) is 2.20. The Balaban J connectivity index is 1.59. The predicted octanol–water partition coefficient (Wildman–Crippen LogP) is 3.20. The van der Waals surface area contributed by atoms with E-state index in [1.165, 1.54) is 11.1 Å². The van der Waals surface area contributed by atoms with E-state index in [0.29, 0.717) is 6.04 Å². The normalized spacial score (nSPS) is 18.3. The van der Waals surface area contributed by atoms with E-state index < -0.39 is 0 Å². The second-order valence-electron chi connectivity index (χ2n) is 5.92. The van der Waals surface area contributed by atoms with E-state index in [-0.39, 0.29) is 0 Å². The minimum atomic E-state index is 0.470. The maximum atomic E-state index is 5.49. The molecule has 0 saturated heterocycles. The van der Waals surface area contributed by atoms with Crippen molar-refractivity contribution in [2.45, 2.75) is 25.6 Å². The lowest BCUT2D eigenvalue weighted by molar-refractivity contribution is 0.195. The first kappa shape index (κ1) is 13.3. The first-order chi connectivity index (χ1) is 10.8. The Morgan fingerprint density at radius 1 is 1.18 bits per heavy atom. The van der Waals surface area contributed by atoms with Gasteiger partial charge in [-0.05, 0) is 36.7 Å². The van der Waals surface area contributed by atoms with E-state index in [2.05, 4.69) is 45.8 Å². The van der Waals surface area contributed by atoms with Crippen LogP contribution in [0.1, 0.15) is 11.1 Å². The smallest absolute Gasteiger partial charge is 0.176 e. The van der Waals surface area contributed by atoms with E-state index in [1.54, 1.807) is 6.26 Å². The number of fused-ring (bicyclic) bond motifs is 1. The van der Waals surface area contributed by atoms with Gasteiger partial charge in [0, 0.05) is 31.5 Å². The lowest BCUT2D eigenvalue weighted by Crippen LogP contribution is -2.40. The van der Waals surface area contributed by atoms with Gasteiger partial charge >= 0.3 is 0 Å². The Morgan fingerprint density at radius 2 is 2.05 bits per heavy atom. The largest absolute Gasteiger partial charge is 0.461 e. The summed E-state index contributed by atoms with van der Waals surface area (Å²) in [5, 5.41) is 0. The maximum absolute atomic E-state index is 5.49. The molecule has 0 amide bonds. The molecular weight excluding hydrogens is 274 g/mol. The van der Waals surface area contributed by atoms with Crippen molar-refractivity contribution < 1.29 is 4.42 Å². The Labute approximate surface area is 130 Å². The van der Waals surface area contributed by atoms with Gasteiger partial charge in [-0.25, -0.2) is 4.98 Å². The number of hydrogen-bond acceptors (Lipinski definition) is 3. The molecule has 0 N–H and O–H groups in total. The quantitative estimate of drug-likeness (QED) is 0.743. The van der Waals surface area contributed by atoms with Gasteiger partial charge < -0.3 is 8.98 Å². The van der Waals surface area contributed by atoms with Crippen molar-refractivity contribution in [1.29, 1.82) is 0 Å². The van der Waals surface area contributed by atoms with Gasteiger partial charge in [-0.2, -0.15) is 0 Å². The third kappa shape index (κ3) is 2.35. The van der Waals surface area contributed by atoms with Crippen LogP contribution in [0.15, 0.2) is 59.5 Å². The van der Waals surface area contributed by atoms with Gasteiger partial charge in [-0.15, -0.1) is 0 Å². The Hall–Kier alpha value is -2.33. The van der Waals surface area contributed by atoms with Crippen LogP contribution in [0.3, 0.4) is 0 Å². The van der Waals surface area contributed by atoms with Crippen LogP contribution in [0.25, 0.3) is 11.6 Å². The summed E-state index contributed by atoms with van der Waals surface area (Å²) in [6.45, 7) is 1.92. The molecule has 0 bridgehead atoms. The van der Waals surface area contributed by atoms with E-state index in [0.717, 1.165) is 31.1 Å². The van der Waals surface area contributed by atoms with E-state index in [9.17, 15) is 0 Å². The summed E-state index contributed by atoms with van der Waals surface area (Å²) in [6, 6.07) is 13.1. The second kappa shape index (κ2) is 5.46. The molecule has 3 aromatic rings. The van der Waals surface area contributed by atoms with E-state index >= 15 is 0 Å². The Kier molecular flexibility index (Phi) is 3.31. The zero-order valence-corrected chi connectivity index (χ0v) is 12.6. The topological polar surface area (TPSA) is 34.2 Å². The van der Waals surface area contributed by atoms with Crippen molar-refractivity contribution in [3.63, 3.8) is 0 Å². The summed E-state index contributed by atoms with van der Waals surface area (Å²) >= 11 is 0. The van der Waals surface area contributed by atoms with Gasteiger partial charge in [-0.1, -0.05) is 24.3 Å². The summed E-state index contributed by atoms with van der Waals surface area (Å²) in [5.41, 5.74) is 2.91. The Bertz CT molecular complexity index is 760. The highest BCUT2D eigenvalue weighted by atomic mass is 16.3. The van der Waals surface area contributed by atoms with Gasteiger partial charge in [-0.3, -0.25) is 4.90 Å². The fourth-order valence-corrected chi connectivity index (χ4v) is 3.24. The van der Waals surface area contributed by atoms with Crippen LogP contribution in [0.2, 0.25) is 0 Å². The van der Waals surface area contributed by atoms with Gasteiger partial charge in [0.25, 0.3) is 0 Å². The molecular formula is C18H19N3O. The maximum Gasteiger partial charge on any atom is 0.176 e. The molecule has 0 aliphatic carbocycles. The number of aromatic nitrogens is 2. The fourth-order valence-electron chi connectivity index (χ4n) is 3.24. The van der Waals surface area contributed by atoms with Crippen molar-refractivity contribution in [3.8, 4) is 11.6 Å². The number of likely N-dealkylation sites (N-methyl/N-ethyl adjacent to an activating group) is 1. The standard InChI is InChI=1S/C18H19N3O/c1-20-12-15-6-3-2-5-14(15)11-16(20)13-21-9-8-19-18(21)17-7-4-10-22-17/h2-10,16H,11-13H2,1H3. The van der Waals surface area contributed by atoms with Gasteiger partial charge in [0.2, 0.25) is 0 Å². The molecule has 112 valence electrons. The number of imidazole rings is 1. The number of furan rings is 1. The number of nitrogens with zero attached hydrogens (tertiary/aromatic N) is 3. The molecule has 4 rings (SSSR count). The highest BCUT2D eigenvalue weighted by Crippen LogP contribution is 2.25. The van der Waals surface area contributed by atoms with Crippen LogP contribution in [0.5, 0.6) is 0 Å². The molecule has 1 aromatic carbocycles. The summed E-state index contributed by atoms with van der Waals surface area (Å²) in [6.07, 6.45) is 6.64. The molecule has 1 atom stereocenters. The van der Waals surface area contributed by atoms with Gasteiger partial charge in [0.1, 0.15) is 0 Å². The third-order valence-electron chi connectivity index (χ3n) is 4.48. The minimum absolute atomic E-state index is 0.470. The molecule has 1 unspecified atom stereocenters. The van der Waals surface area contributed by atoms with Crippen LogP contribution in [0, 0.1) is 0 Å². The second-order valence-corrected chi connectivity index (χ2v) is 5.92. The molecule has 1 aliphatic rings. The summed E-state index contributed by atoms with van der Waals surface area (Å²) in [4.78, 5) is 6.87. The minimum Gasteiger partial charge on any atom is -0.461 e. The lowest BCUT2D eigenvalue weighted by Gasteiger charge is -2.34. The Morgan fingerprint density at radius 3 is 2.86 bits per heavy atom. The zero-order chi connectivity index (χ0) is 14.9. The van der Waals surface area contributed by atoms with Gasteiger partial charge in [0.05, 0.1) is 6.26 Å². The molecule has 4 heteroatoms. The molecule has 0 spiro atoms. The average molecular weight is 293 g/mol. The first-order valence-electron chi connectivity index (χ1n) is 7.63. The molecule has 0 fully saturated rings. The molecule has 22 heavy (non-hydrogen) atoms. The monoisotopic (exact) mass is 293 g/mol. The predicted molar refractivity (Wildman–Crippen MR) is 85.3 cm³/mol. The van der Waals surface area contributed by atoms with Crippen LogP contribution in [0.4, 0.5) is 0 Å². The van der Waals surface area contributed by atoms with Crippen LogP contribution in [-0.2, 0) is 19.5 Å². The third-order valence-corrected chi connectivity index (χ3v) is 4.48. The summed E-state index contributed by atoms with van der Waals surface area (Å²) in [5.74, 6) is 1.72. The van der Waals surface area contributed by atoms with Crippen molar-refractivity contribution in [2.75, 3.05) is 7.05 Å². The average Bonchev–Trinajstić information content (AvgIpc) is 3.18. The highest BCUT2D eigenvalue weighted by Gasteiger charge is 2.24. The highest BCUT2D eigenvalue weighted by molar-refractivity contribution is 5.46. The molecule has 0 saturated carbocycles. The number of benzene rings is 1. The number of hydrogen-bond donors (Lipinski definition) is 0. The van der Waals surface area contributed by atoms with Crippen LogP contribution >= 0.6 is 0 Å². The summed E-state index contributed by atoms with van der Waals surface area (Å²) < 4.78 is 7.68. The van der Waals surface area contributed by atoms with Crippen LogP contribution in [-0.4, -0.2) is 27.5 Å². The zero-order valence-electron chi connectivity index (χ0n) is 12.6. The van der Waals surface area contributed by atoms with E-state index in [4.69, 9.17) is 4.42 Å². The molecule has 4 nitrogen and oxygen atoms in total. The lowest BCUT2D eigenvalue weighted by atomic mass is 9.94. The SMILES string of the molecule is CN1Cc2ccccc2CC1Cn1ccnc1-c1ccco1.